The molecule has 2 aromatic rings. The summed E-state index contributed by atoms with van der Waals surface area (Å²) in [6.07, 6.45) is 3.99. The molecule has 29 heavy (non-hydrogen) atoms. The average Bonchev–Trinajstić information content (AvgIpc) is 3.02. The minimum atomic E-state index is -3.45. The van der Waals surface area contributed by atoms with E-state index in [1.807, 2.05) is 31.2 Å². The second-order valence-corrected chi connectivity index (χ2v) is 9.34. The van der Waals surface area contributed by atoms with E-state index in [-0.39, 0.29) is 12.5 Å². The molecule has 7 heteroatoms. The quantitative estimate of drug-likeness (QED) is 0.727. The number of hydrogen-bond donors (Lipinski definition) is 2. The maximum absolute atomic E-state index is 12.8. The molecule has 3 rings (SSSR count). The van der Waals surface area contributed by atoms with Gasteiger partial charge in [0.25, 0.3) is 0 Å². The van der Waals surface area contributed by atoms with Crippen LogP contribution in [0.25, 0.3) is 0 Å². The summed E-state index contributed by atoms with van der Waals surface area (Å²) >= 11 is 0. The van der Waals surface area contributed by atoms with Crippen LogP contribution < -0.4 is 10.6 Å². The number of carbonyl (C=O) groups excluding carboxylic acids is 1. The van der Waals surface area contributed by atoms with Crippen LogP contribution in [-0.2, 0) is 21.4 Å². The summed E-state index contributed by atoms with van der Waals surface area (Å²) in [4.78, 5) is 12.4. The molecule has 0 aliphatic carbocycles. The Hall–Kier alpha value is -2.38. The van der Waals surface area contributed by atoms with E-state index in [0.29, 0.717) is 30.2 Å². The molecule has 1 fully saturated rings. The van der Waals surface area contributed by atoms with Gasteiger partial charge in [0.1, 0.15) is 0 Å². The van der Waals surface area contributed by atoms with E-state index in [9.17, 15) is 13.2 Å². The number of aryl methyl sites for hydroxylation is 1. The molecule has 0 atom stereocenters. The van der Waals surface area contributed by atoms with Crippen LogP contribution in [0.3, 0.4) is 0 Å². The third-order valence-corrected chi connectivity index (χ3v) is 7.16. The third-order valence-electron chi connectivity index (χ3n) is 5.25. The molecule has 0 bridgehead atoms. The first-order chi connectivity index (χ1) is 14.0. The summed E-state index contributed by atoms with van der Waals surface area (Å²) in [5, 5.41) is 5.93. The van der Waals surface area contributed by atoms with Gasteiger partial charge in [-0.1, -0.05) is 37.1 Å². The van der Waals surface area contributed by atoms with Gasteiger partial charge in [-0.2, -0.15) is 4.31 Å². The first kappa shape index (κ1) is 21.3. The van der Waals surface area contributed by atoms with Crippen molar-refractivity contribution in [1.82, 2.24) is 9.62 Å². The van der Waals surface area contributed by atoms with E-state index in [1.165, 1.54) is 0 Å². The predicted molar refractivity (Wildman–Crippen MR) is 115 cm³/mol. The van der Waals surface area contributed by atoms with Gasteiger partial charge in [-0.05, 0) is 55.2 Å². The van der Waals surface area contributed by atoms with E-state index in [1.54, 1.807) is 28.6 Å². The van der Waals surface area contributed by atoms with Crippen LogP contribution in [0.4, 0.5) is 5.69 Å². The topological polar surface area (TPSA) is 78.5 Å². The lowest BCUT2D eigenvalue weighted by molar-refractivity contribution is -0.119. The number of rotatable bonds is 7. The van der Waals surface area contributed by atoms with Gasteiger partial charge >= 0.3 is 0 Å². The highest BCUT2D eigenvalue weighted by Gasteiger charge is 2.24. The molecule has 6 nitrogen and oxygen atoms in total. The minimum Gasteiger partial charge on any atom is -0.376 e. The fourth-order valence-electron chi connectivity index (χ4n) is 3.42. The molecule has 0 aromatic heterocycles. The van der Waals surface area contributed by atoms with Gasteiger partial charge in [0, 0.05) is 25.3 Å². The van der Waals surface area contributed by atoms with Gasteiger partial charge in [-0.15, -0.1) is 0 Å². The summed E-state index contributed by atoms with van der Waals surface area (Å²) in [5.41, 5.74) is 2.94. The van der Waals surface area contributed by atoms with Crippen molar-refractivity contribution in [2.45, 2.75) is 44.0 Å². The lowest BCUT2D eigenvalue weighted by Crippen LogP contribution is -2.32. The molecular formula is C22H29N3O3S. The van der Waals surface area contributed by atoms with Crippen LogP contribution in [0.1, 0.15) is 36.8 Å². The number of anilines is 1. The molecule has 1 heterocycles. The first-order valence-corrected chi connectivity index (χ1v) is 11.6. The molecule has 1 saturated heterocycles. The zero-order valence-electron chi connectivity index (χ0n) is 16.9. The Kier molecular flexibility index (Phi) is 7.28. The number of benzene rings is 2. The second-order valence-electron chi connectivity index (χ2n) is 7.40. The molecule has 0 spiro atoms. The van der Waals surface area contributed by atoms with Gasteiger partial charge < -0.3 is 10.6 Å². The Morgan fingerprint density at radius 3 is 2.28 bits per heavy atom. The van der Waals surface area contributed by atoms with E-state index < -0.39 is 10.0 Å². The highest BCUT2D eigenvalue weighted by atomic mass is 32.2. The lowest BCUT2D eigenvalue weighted by atomic mass is 10.1. The molecule has 0 saturated carbocycles. The highest BCUT2D eigenvalue weighted by molar-refractivity contribution is 7.89. The summed E-state index contributed by atoms with van der Waals surface area (Å²) < 4.78 is 27.2. The summed E-state index contributed by atoms with van der Waals surface area (Å²) in [5.74, 6) is -0.116. The van der Waals surface area contributed by atoms with Crippen molar-refractivity contribution < 1.29 is 13.2 Å². The van der Waals surface area contributed by atoms with Gasteiger partial charge in [0.05, 0.1) is 11.4 Å². The molecule has 0 radical (unpaired) electrons. The normalized spacial score (nSPS) is 15.5. The van der Waals surface area contributed by atoms with Crippen molar-refractivity contribution in [2.24, 2.45) is 0 Å². The van der Waals surface area contributed by atoms with Crippen molar-refractivity contribution in [1.29, 1.82) is 0 Å². The largest absolute Gasteiger partial charge is 0.376 e. The van der Waals surface area contributed by atoms with Crippen LogP contribution in [0.5, 0.6) is 0 Å². The number of hydrogen-bond acceptors (Lipinski definition) is 4. The molecule has 1 amide bonds. The van der Waals surface area contributed by atoms with Crippen LogP contribution in [-0.4, -0.2) is 38.3 Å². The molecule has 2 aromatic carbocycles. The van der Waals surface area contributed by atoms with Crippen molar-refractivity contribution in [3.63, 3.8) is 0 Å². The van der Waals surface area contributed by atoms with Crippen LogP contribution in [0.2, 0.25) is 0 Å². The van der Waals surface area contributed by atoms with Crippen LogP contribution in [0, 0.1) is 6.92 Å². The van der Waals surface area contributed by atoms with Crippen molar-refractivity contribution in [2.75, 3.05) is 25.0 Å². The predicted octanol–water partition coefficient (Wildman–Crippen LogP) is 3.29. The Labute approximate surface area is 173 Å². The summed E-state index contributed by atoms with van der Waals surface area (Å²) in [6, 6.07) is 14.6. The van der Waals surface area contributed by atoms with E-state index in [0.717, 1.165) is 36.8 Å². The van der Waals surface area contributed by atoms with Crippen molar-refractivity contribution in [3.05, 3.63) is 59.7 Å². The zero-order chi connectivity index (χ0) is 20.7. The molecule has 1 aliphatic heterocycles. The van der Waals surface area contributed by atoms with Crippen molar-refractivity contribution >= 4 is 21.6 Å². The van der Waals surface area contributed by atoms with E-state index in [2.05, 4.69) is 10.6 Å². The average molecular weight is 416 g/mol. The molecule has 2 N–H and O–H groups in total. The monoisotopic (exact) mass is 415 g/mol. The maximum Gasteiger partial charge on any atom is 0.243 e. The van der Waals surface area contributed by atoms with Gasteiger partial charge in [0.2, 0.25) is 15.9 Å². The van der Waals surface area contributed by atoms with Gasteiger partial charge in [0.15, 0.2) is 0 Å². The van der Waals surface area contributed by atoms with Gasteiger partial charge in [-0.25, -0.2) is 8.42 Å². The van der Waals surface area contributed by atoms with Crippen molar-refractivity contribution in [3.8, 4) is 0 Å². The first-order valence-electron chi connectivity index (χ1n) is 10.1. The Morgan fingerprint density at radius 1 is 0.966 bits per heavy atom. The number of amides is 1. The van der Waals surface area contributed by atoms with Crippen LogP contribution >= 0.6 is 0 Å². The highest BCUT2D eigenvalue weighted by Crippen LogP contribution is 2.21. The molecule has 0 unspecified atom stereocenters. The van der Waals surface area contributed by atoms with Crippen LogP contribution in [0.15, 0.2) is 53.4 Å². The van der Waals surface area contributed by atoms with E-state index in [4.69, 9.17) is 0 Å². The fraction of sp³-hybridized carbons (Fsp3) is 0.409. The smallest absolute Gasteiger partial charge is 0.243 e. The summed E-state index contributed by atoms with van der Waals surface area (Å²) in [7, 11) is -3.45. The van der Waals surface area contributed by atoms with Gasteiger partial charge in [-0.3, -0.25) is 4.79 Å². The maximum atomic E-state index is 12.8. The third kappa shape index (κ3) is 5.81. The van der Waals surface area contributed by atoms with E-state index >= 15 is 0 Å². The standard InChI is InChI=1S/C22H29N3O3S/c1-18-8-4-5-9-19(18)16-24-22(26)17-23-20-10-12-21(13-11-20)29(27,28)25-14-6-2-3-7-15-25/h4-5,8-13,23H,2-3,6-7,14-17H2,1H3,(H,24,26). The second kappa shape index (κ2) is 9.89. The SMILES string of the molecule is Cc1ccccc1CNC(=O)CNc1ccc(S(=O)(=O)N2CCCCCC2)cc1. The Bertz CT molecular complexity index is 919. The zero-order valence-corrected chi connectivity index (χ0v) is 17.7. The molecule has 1 aliphatic rings. The number of carbonyl (C=O) groups is 1. The summed E-state index contributed by atoms with van der Waals surface area (Å²) in [6.45, 7) is 3.80. The molecule has 156 valence electrons. The lowest BCUT2D eigenvalue weighted by Gasteiger charge is -2.20. The minimum absolute atomic E-state index is 0.116. The Balaban J connectivity index is 1.52. The molecular weight excluding hydrogens is 386 g/mol. The fourth-order valence-corrected chi connectivity index (χ4v) is 4.94. The number of nitrogens with one attached hydrogen (secondary N) is 2. The number of nitrogens with zero attached hydrogens (tertiary/aromatic N) is 1. The number of sulfonamides is 1. The Morgan fingerprint density at radius 2 is 1.62 bits per heavy atom.